The van der Waals surface area contributed by atoms with Crippen molar-refractivity contribution in [2.75, 3.05) is 12.4 Å². The van der Waals surface area contributed by atoms with E-state index in [1.807, 2.05) is 56.3 Å². The minimum Gasteiger partial charge on any atom is -0.495 e. The highest BCUT2D eigenvalue weighted by Crippen LogP contribution is 2.36. The SMILES string of the molecule is COc1cc2c(cc1NC(=O)c1cc(C)sc1C)oc1ccccc12. The topological polar surface area (TPSA) is 51.5 Å². The first kappa shape index (κ1) is 15.7. The van der Waals surface area contributed by atoms with Gasteiger partial charge in [-0.3, -0.25) is 4.79 Å². The molecule has 0 spiro atoms. The molecule has 0 aliphatic rings. The number of hydrogen-bond donors (Lipinski definition) is 1. The number of hydrogen-bond acceptors (Lipinski definition) is 4. The number of rotatable bonds is 3. The fourth-order valence-electron chi connectivity index (χ4n) is 3.06. The summed E-state index contributed by atoms with van der Waals surface area (Å²) < 4.78 is 11.4. The van der Waals surface area contributed by atoms with Gasteiger partial charge < -0.3 is 14.5 Å². The van der Waals surface area contributed by atoms with Gasteiger partial charge in [-0.1, -0.05) is 18.2 Å². The fourth-order valence-corrected chi connectivity index (χ4v) is 3.99. The second kappa shape index (κ2) is 5.93. The Kier molecular flexibility index (Phi) is 3.73. The van der Waals surface area contributed by atoms with Crippen molar-refractivity contribution in [3.63, 3.8) is 0 Å². The lowest BCUT2D eigenvalue weighted by Crippen LogP contribution is -2.12. The van der Waals surface area contributed by atoms with E-state index in [1.165, 1.54) is 0 Å². The molecule has 0 saturated heterocycles. The number of carbonyl (C=O) groups excluding carboxylic acids is 1. The van der Waals surface area contributed by atoms with Crippen molar-refractivity contribution in [1.29, 1.82) is 0 Å². The quantitative estimate of drug-likeness (QED) is 0.528. The molecule has 0 fully saturated rings. The summed E-state index contributed by atoms with van der Waals surface area (Å²) in [6.45, 7) is 3.95. The molecule has 2 heterocycles. The maximum Gasteiger partial charge on any atom is 0.256 e. The monoisotopic (exact) mass is 351 g/mol. The largest absolute Gasteiger partial charge is 0.495 e. The number of nitrogens with one attached hydrogen (secondary N) is 1. The molecule has 5 heteroatoms. The van der Waals surface area contributed by atoms with Gasteiger partial charge in [0.15, 0.2) is 0 Å². The van der Waals surface area contributed by atoms with Crippen molar-refractivity contribution in [2.45, 2.75) is 13.8 Å². The molecule has 0 radical (unpaired) electrons. The number of para-hydroxylation sites is 1. The second-order valence-corrected chi connectivity index (χ2v) is 7.39. The molecule has 1 N–H and O–H groups in total. The number of aryl methyl sites for hydroxylation is 2. The summed E-state index contributed by atoms with van der Waals surface area (Å²) in [7, 11) is 1.60. The second-order valence-electron chi connectivity index (χ2n) is 5.93. The van der Waals surface area contributed by atoms with Crippen LogP contribution in [0.4, 0.5) is 5.69 Å². The molecule has 2 aromatic heterocycles. The molecule has 1 amide bonds. The number of carbonyl (C=O) groups is 1. The van der Waals surface area contributed by atoms with Crippen LogP contribution in [0.15, 0.2) is 46.9 Å². The molecule has 0 bridgehead atoms. The van der Waals surface area contributed by atoms with Gasteiger partial charge in [-0.2, -0.15) is 0 Å². The minimum absolute atomic E-state index is 0.143. The lowest BCUT2D eigenvalue weighted by Gasteiger charge is -2.10. The summed E-state index contributed by atoms with van der Waals surface area (Å²) in [4.78, 5) is 14.7. The fraction of sp³-hybridized carbons (Fsp3) is 0.150. The molecule has 2 aromatic carbocycles. The number of amides is 1. The van der Waals surface area contributed by atoms with Gasteiger partial charge in [-0.25, -0.2) is 0 Å². The first-order chi connectivity index (χ1) is 12.1. The van der Waals surface area contributed by atoms with Crippen LogP contribution in [0.5, 0.6) is 5.75 Å². The standard InChI is InChI=1S/C20H17NO3S/c1-11-8-14(12(2)25-11)20(22)21-16-10-18-15(9-19(16)23-3)13-6-4-5-7-17(13)24-18/h4-10H,1-3H3,(H,21,22). The highest BCUT2D eigenvalue weighted by molar-refractivity contribution is 7.12. The Morgan fingerprint density at radius 1 is 1.08 bits per heavy atom. The maximum absolute atomic E-state index is 12.6. The molecule has 0 unspecified atom stereocenters. The summed E-state index contributed by atoms with van der Waals surface area (Å²) >= 11 is 1.61. The van der Waals surface area contributed by atoms with E-state index in [4.69, 9.17) is 9.15 Å². The maximum atomic E-state index is 12.6. The zero-order valence-electron chi connectivity index (χ0n) is 14.2. The van der Waals surface area contributed by atoms with Crippen molar-refractivity contribution >= 4 is 44.9 Å². The molecule has 126 valence electrons. The van der Waals surface area contributed by atoms with Crippen molar-refractivity contribution in [2.24, 2.45) is 0 Å². The predicted molar refractivity (Wildman–Crippen MR) is 102 cm³/mol. The lowest BCUT2D eigenvalue weighted by atomic mass is 10.1. The van der Waals surface area contributed by atoms with Gasteiger partial charge in [-0.15, -0.1) is 11.3 Å². The Morgan fingerprint density at radius 2 is 1.88 bits per heavy atom. The van der Waals surface area contributed by atoms with Crippen LogP contribution in [0, 0.1) is 13.8 Å². The third-order valence-corrected chi connectivity index (χ3v) is 5.20. The van der Waals surface area contributed by atoms with Crippen molar-refractivity contribution in [3.8, 4) is 5.75 Å². The summed E-state index contributed by atoms with van der Waals surface area (Å²) in [5, 5.41) is 4.94. The van der Waals surface area contributed by atoms with Crippen LogP contribution in [0.2, 0.25) is 0 Å². The first-order valence-electron chi connectivity index (χ1n) is 7.94. The first-order valence-corrected chi connectivity index (χ1v) is 8.76. The van der Waals surface area contributed by atoms with E-state index < -0.39 is 0 Å². The van der Waals surface area contributed by atoms with E-state index in [9.17, 15) is 4.79 Å². The molecule has 4 aromatic rings. The Labute approximate surface area is 149 Å². The van der Waals surface area contributed by atoms with Crippen LogP contribution in [0.1, 0.15) is 20.1 Å². The number of thiophene rings is 1. The molecular formula is C20H17NO3S. The molecule has 0 aliphatic carbocycles. The van der Waals surface area contributed by atoms with Crippen LogP contribution in [0.3, 0.4) is 0 Å². The van der Waals surface area contributed by atoms with Crippen LogP contribution in [-0.2, 0) is 0 Å². The van der Waals surface area contributed by atoms with Gasteiger partial charge in [0.25, 0.3) is 5.91 Å². The molecule has 0 atom stereocenters. The molecular weight excluding hydrogens is 334 g/mol. The van der Waals surface area contributed by atoms with Crippen LogP contribution in [-0.4, -0.2) is 13.0 Å². The van der Waals surface area contributed by atoms with Gasteiger partial charge in [0.05, 0.1) is 18.4 Å². The van der Waals surface area contributed by atoms with E-state index in [-0.39, 0.29) is 5.91 Å². The zero-order chi connectivity index (χ0) is 17.6. The number of fused-ring (bicyclic) bond motifs is 3. The van der Waals surface area contributed by atoms with E-state index >= 15 is 0 Å². The number of ether oxygens (including phenoxy) is 1. The van der Waals surface area contributed by atoms with Crippen LogP contribution >= 0.6 is 11.3 Å². The average molecular weight is 351 g/mol. The van der Waals surface area contributed by atoms with Gasteiger partial charge >= 0.3 is 0 Å². The highest BCUT2D eigenvalue weighted by Gasteiger charge is 2.17. The van der Waals surface area contributed by atoms with Gasteiger partial charge in [-0.05, 0) is 32.0 Å². The minimum atomic E-state index is -0.143. The van der Waals surface area contributed by atoms with E-state index in [0.717, 1.165) is 31.7 Å². The average Bonchev–Trinajstić information content (AvgIpc) is 3.12. The van der Waals surface area contributed by atoms with Crippen molar-refractivity contribution < 1.29 is 13.9 Å². The normalized spacial score (nSPS) is 11.2. The third-order valence-electron chi connectivity index (χ3n) is 4.23. The summed E-state index contributed by atoms with van der Waals surface area (Å²) in [6, 6.07) is 13.5. The van der Waals surface area contributed by atoms with E-state index in [0.29, 0.717) is 17.0 Å². The van der Waals surface area contributed by atoms with Gasteiger partial charge in [0.2, 0.25) is 0 Å². The van der Waals surface area contributed by atoms with E-state index in [2.05, 4.69) is 5.32 Å². The number of furan rings is 1. The Balaban J connectivity index is 1.79. The molecule has 4 rings (SSSR count). The summed E-state index contributed by atoms with van der Waals surface area (Å²) in [5.74, 6) is 0.465. The van der Waals surface area contributed by atoms with Crippen molar-refractivity contribution in [3.05, 3.63) is 57.8 Å². The van der Waals surface area contributed by atoms with Crippen molar-refractivity contribution in [1.82, 2.24) is 0 Å². The molecule has 25 heavy (non-hydrogen) atoms. The zero-order valence-corrected chi connectivity index (χ0v) is 15.0. The molecule has 4 nitrogen and oxygen atoms in total. The predicted octanol–water partition coefficient (Wildman–Crippen LogP) is 5.53. The molecule has 0 saturated carbocycles. The van der Waals surface area contributed by atoms with Crippen LogP contribution < -0.4 is 10.1 Å². The summed E-state index contributed by atoms with van der Waals surface area (Å²) in [5.41, 5.74) is 2.82. The third kappa shape index (κ3) is 2.66. The summed E-state index contributed by atoms with van der Waals surface area (Å²) in [6.07, 6.45) is 0. The van der Waals surface area contributed by atoms with Crippen LogP contribution in [0.25, 0.3) is 21.9 Å². The number of anilines is 1. The smallest absolute Gasteiger partial charge is 0.256 e. The Morgan fingerprint density at radius 3 is 2.60 bits per heavy atom. The number of methoxy groups -OCH3 is 1. The lowest BCUT2D eigenvalue weighted by molar-refractivity contribution is 0.102. The number of benzene rings is 2. The van der Waals surface area contributed by atoms with E-state index in [1.54, 1.807) is 18.4 Å². The van der Waals surface area contributed by atoms with Gasteiger partial charge in [0, 0.05) is 26.6 Å². The highest BCUT2D eigenvalue weighted by atomic mass is 32.1. The Hall–Kier alpha value is -2.79. The van der Waals surface area contributed by atoms with Gasteiger partial charge in [0.1, 0.15) is 16.9 Å². The Bertz CT molecular complexity index is 1110. The molecule has 0 aliphatic heterocycles.